The first kappa shape index (κ1) is 23.1. The van der Waals surface area contributed by atoms with Gasteiger partial charge in [0.1, 0.15) is 6.61 Å². The molecule has 0 aliphatic heterocycles. The molecule has 0 spiro atoms. The summed E-state index contributed by atoms with van der Waals surface area (Å²) in [5, 5.41) is 10.9. The Balaban J connectivity index is 0. The largest absolute Gasteiger partial charge is 0.387 e. The molecule has 1 amide bonds. The summed E-state index contributed by atoms with van der Waals surface area (Å²) in [6, 6.07) is -0.540. The highest BCUT2D eigenvalue weighted by molar-refractivity contribution is 5.96. The maximum Gasteiger partial charge on any atom is 0.246 e. The Labute approximate surface area is 135 Å². The summed E-state index contributed by atoms with van der Waals surface area (Å²) in [5.74, 6) is -0.752. The minimum Gasteiger partial charge on any atom is -0.387 e. The quantitative estimate of drug-likeness (QED) is 0.429. The molecule has 0 rings (SSSR count). The van der Waals surface area contributed by atoms with Crippen LogP contribution in [-0.2, 0) is 14.3 Å². The molecule has 0 heterocycles. The van der Waals surface area contributed by atoms with E-state index in [0.717, 1.165) is 19.6 Å². The molecule has 1 unspecified atom stereocenters. The number of ketones is 1. The lowest BCUT2D eigenvalue weighted by molar-refractivity contribution is -0.128. The van der Waals surface area contributed by atoms with Gasteiger partial charge in [-0.3, -0.25) is 9.59 Å². The normalized spacial score (nSPS) is 11.1. The number of aliphatic hydroxyl groups is 1. The molecule has 0 saturated carbocycles. The van der Waals surface area contributed by atoms with Crippen molar-refractivity contribution in [3.8, 4) is 0 Å². The standard InChI is InChI=1S/C9H15NO3.C8H18O/c1-3-5-7(8(12)4-2)10-9(13)6-11;1-3-5-7-9-8-6-4-2/h4,7,11H,2-3,5-6H2,1H3,(H,10,13);3-8H2,1-2H3. The lowest BCUT2D eigenvalue weighted by Crippen LogP contribution is -2.41. The number of carbonyl (C=O) groups excluding carboxylic acids is 2. The molecule has 22 heavy (non-hydrogen) atoms. The fourth-order valence-corrected chi connectivity index (χ4v) is 1.55. The van der Waals surface area contributed by atoms with E-state index in [9.17, 15) is 9.59 Å². The number of carbonyl (C=O) groups is 2. The molecule has 0 aliphatic carbocycles. The van der Waals surface area contributed by atoms with E-state index in [-0.39, 0.29) is 5.78 Å². The molecule has 130 valence electrons. The molecule has 0 aromatic rings. The Kier molecular flexibility index (Phi) is 18.7. The third-order valence-corrected chi connectivity index (χ3v) is 2.89. The average Bonchev–Trinajstić information content (AvgIpc) is 2.54. The third kappa shape index (κ3) is 15.2. The zero-order valence-corrected chi connectivity index (χ0v) is 14.4. The van der Waals surface area contributed by atoms with E-state index in [1.165, 1.54) is 31.8 Å². The second kappa shape index (κ2) is 17.9. The van der Waals surface area contributed by atoms with Gasteiger partial charge in [0.2, 0.25) is 5.91 Å². The molecule has 0 bridgehead atoms. The Bertz CT molecular complexity index is 286. The van der Waals surface area contributed by atoms with Gasteiger partial charge in [0.15, 0.2) is 5.78 Å². The summed E-state index contributed by atoms with van der Waals surface area (Å²) in [4.78, 5) is 21.9. The van der Waals surface area contributed by atoms with Gasteiger partial charge in [0.05, 0.1) is 6.04 Å². The van der Waals surface area contributed by atoms with Crippen molar-refractivity contribution in [3.05, 3.63) is 12.7 Å². The molecule has 0 aliphatic rings. The summed E-state index contributed by atoms with van der Waals surface area (Å²) < 4.78 is 5.31. The van der Waals surface area contributed by atoms with Crippen LogP contribution in [-0.4, -0.2) is 42.7 Å². The number of ether oxygens (including phenoxy) is 1. The Morgan fingerprint density at radius 2 is 1.68 bits per heavy atom. The van der Waals surface area contributed by atoms with Crippen molar-refractivity contribution in [2.24, 2.45) is 0 Å². The maximum absolute atomic E-state index is 11.1. The SMILES string of the molecule is C=CC(=O)C(CCC)NC(=O)CO.CCCCOCCCC. The Morgan fingerprint density at radius 3 is 2.05 bits per heavy atom. The molecule has 0 aromatic carbocycles. The van der Waals surface area contributed by atoms with Gasteiger partial charge in [0.25, 0.3) is 0 Å². The van der Waals surface area contributed by atoms with Crippen molar-refractivity contribution in [2.45, 2.75) is 65.3 Å². The molecular formula is C17H33NO4. The predicted molar refractivity (Wildman–Crippen MR) is 89.8 cm³/mol. The summed E-state index contributed by atoms with van der Waals surface area (Å²) in [7, 11) is 0. The third-order valence-electron chi connectivity index (χ3n) is 2.89. The van der Waals surface area contributed by atoms with Crippen LogP contribution in [0.3, 0.4) is 0 Å². The molecule has 0 aromatic heterocycles. The van der Waals surface area contributed by atoms with Crippen molar-refractivity contribution in [1.29, 1.82) is 0 Å². The van der Waals surface area contributed by atoms with Crippen LogP contribution in [0.4, 0.5) is 0 Å². The summed E-state index contributed by atoms with van der Waals surface area (Å²) in [6.07, 6.45) is 7.44. The van der Waals surface area contributed by atoms with Crippen LogP contribution in [0.2, 0.25) is 0 Å². The summed E-state index contributed by atoms with van der Waals surface area (Å²) >= 11 is 0. The lowest BCUT2D eigenvalue weighted by atomic mass is 10.1. The van der Waals surface area contributed by atoms with E-state index >= 15 is 0 Å². The van der Waals surface area contributed by atoms with Gasteiger partial charge in [-0.2, -0.15) is 0 Å². The molecule has 0 radical (unpaired) electrons. The fourth-order valence-electron chi connectivity index (χ4n) is 1.55. The van der Waals surface area contributed by atoms with Crippen molar-refractivity contribution >= 4 is 11.7 Å². The van der Waals surface area contributed by atoms with Crippen molar-refractivity contribution in [3.63, 3.8) is 0 Å². The van der Waals surface area contributed by atoms with Crippen molar-refractivity contribution < 1.29 is 19.4 Å². The highest BCUT2D eigenvalue weighted by atomic mass is 16.5. The zero-order chi connectivity index (χ0) is 17.2. The van der Waals surface area contributed by atoms with E-state index in [4.69, 9.17) is 9.84 Å². The highest BCUT2D eigenvalue weighted by Gasteiger charge is 2.16. The number of aliphatic hydroxyl groups excluding tert-OH is 1. The van der Waals surface area contributed by atoms with Gasteiger partial charge >= 0.3 is 0 Å². The molecule has 5 heteroatoms. The van der Waals surface area contributed by atoms with Crippen LogP contribution < -0.4 is 5.32 Å². The number of amides is 1. The smallest absolute Gasteiger partial charge is 0.246 e. The number of rotatable bonds is 12. The maximum atomic E-state index is 11.1. The molecule has 2 N–H and O–H groups in total. The zero-order valence-electron chi connectivity index (χ0n) is 14.4. The average molecular weight is 315 g/mol. The second-order valence-corrected chi connectivity index (χ2v) is 4.99. The van der Waals surface area contributed by atoms with E-state index in [2.05, 4.69) is 25.7 Å². The highest BCUT2D eigenvalue weighted by Crippen LogP contribution is 1.98. The van der Waals surface area contributed by atoms with Crippen LogP contribution >= 0.6 is 0 Å². The molecule has 1 atom stereocenters. The van der Waals surface area contributed by atoms with E-state index < -0.39 is 18.6 Å². The minimum absolute atomic E-state index is 0.219. The fraction of sp³-hybridized carbons (Fsp3) is 0.765. The van der Waals surface area contributed by atoms with Crippen molar-refractivity contribution in [1.82, 2.24) is 5.32 Å². The van der Waals surface area contributed by atoms with Gasteiger partial charge in [0, 0.05) is 13.2 Å². The van der Waals surface area contributed by atoms with Crippen LogP contribution in [0.15, 0.2) is 12.7 Å². The summed E-state index contributed by atoms with van der Waals surface area (Å²) in [5.41, 5.74) is 0. The first-order valence-electron chi connectivity index (χ1n) is 8.21. The van der Waals surface area contributed by atoms with Crippen molar-refractivity contribution in [2.75, 3.05) is 19.8 Å². The summed E-state index contributed by atoms with van der Waals surface area (Å²) in [6.45, 7) is 10.9. The van der Waals surface area contributed by atoms with Gasteiger partial charge in [-0.15, -0.1) is 0 Å². The second-order valence-electron chi connectivity index (χ2n) is 4.99. The van der Waals surface area contributed by atoms with E-state index in [1.807, 2.05) is 6.92 Å². The Hall–Kier alpha value is -1.20. The van der Waals surface area contributed by atoms with Gasteiger partial charge < -0.3 is 15.2 Å². The van der Waals surface area contributed by atoms with Crippen LogP contribution in [0, 0.1) is 0 Å². The predicted octanol–water partition coefficient (Wildman–Crippen LogP) is 2.62. The Morgan fingerprint density at radius 1 is 1.14 bits per heavy atom. The van der Waals surface area contributed by atoms with Gasteiger partial charge in [-0.25, -0.2) is 0 Å². The van der Waals surface area contributed by atoms with Crippen LogP contribution in [0.1, 0.15) is 59.3 Å². The number of nitrogens with one attached hydrogen (secondary N) is 1. The number of hydrogen-bond donors (Lipinski definition) is 2. The topological polar surface area (TPSA) is 75.6 Å². The molecule has 5 nitrogen and oxygen atoms in total. The van der Waals surface area contributed by atoms with Crippen LogP contribution in [0.25, 0.3) is 0 Å². The number of hydrogen-bond acceptors (Lipinski definition) is 4. The van der Waals surface area contributed by atoms with Gasteiger partial charge in [-0.1, -0.05) is 46.6 Å². The lowest BCUT2D eigenvalue weighted by Gasteiger charge is -2.13. The molecule has 0 fully saturated rings. The minimum atomic E-state index is -0.593. The molecule has 0 saturated heterocycles. The first-order valence-corrected chi connectivity index (χ1v) is 8.21. The van der Waals surface area contributed by atoms with Gasteiger partial charge in [-0.05, 0) is 25.3 Å². The molecular weight excluding hydrogens is 282 g/mol. The van der Waals surface area contributed by atoms with E-state index in [1.54, 1.807) is 0 Å². The first-order chi connectivity index (χ1) is 10.6. The van der Waals surface area contributed by atoms with E-state index in [0.29, 0.717) is 6.42 Å². The number of unbranched alkanes of at least 4 members (excludes halogenated alkanes) is 2. The monoisotopic (exact) mass is 315 g/mol. The van der Waals surface area contributed by atoms with Crippen LogP contribution in [0.5, 0.6) is 0 Å².